The van der Waals surface area contributed by atoms with Crippen LogP contribution in [0.15, 0.2) is 52.4 Å². The third-order valence-electron chi connectivity index (χ3n) is 5.68. The van der Waals surface area contributed by atoms with E-state index in [-0.39, 0.29) is 23.1 Å². The highest BCUT2D eigenvalue weighted by Crippen LogP contribution is 2.25. The van der Waals surface area contributed by atoms with Crippen LogP contribution in [0.1, 0.15) is 31.9 Å². The zero-order chi connectivity index (χ0) is 22.8. The quantitative estimate of drug-likeness (QED) is 0.465. The van der Waals surface area contributed by atoms with Gasteiger partial charge in [0.2, 0.25) is 5.91 Å². The van der Waals surface area contributed by atoms with Crippen molar-refractivity contribution in [2.24, 2.45) is 5.92 Å². The molecule has 6 nitrogen and oxygen atoms in total. The molecule has 2 aromatic carbocycles. The molecule has 1 N–H and O–H groups in total. The lowest BCUT2D eigenvalue weighted by molar-refractivity contribution is -0.120. The maximum Gasteiger partial charge on any atom is 0.266 e. The van der Waals surface area contributed by atoms with Gasteiger partial charge in [-0.1, -0.05) is 49.9 Å². The molecule has 0 saturated heterocycles. The Morgan fingerprint density at radius 2 is 1.94 bits per heavy atom. The molecule has 1 heterocycles. The highest BCUT2D eigenvalue weighted by atomic mass is 32.2. The fourth-order valence-corrected chi connectivity index (χ4v) is 3.96. The predicted molar refractivity (Wildman–Crippen MR) is 125 cm³/mol. The van der Waals surface area contributed by atoms with Gasteiger partial charge in [0.1, 0.15) is 5.54 Å². The zero-order valence-electron chi connectivity index (χ0n) is 18.4. The fraction of sp³-hybridized carbons (Fsp3) is 0.333. The summed E-state index contributed by atoms with van der Waals surface area (Å²) in [5, 5.41) is 13.2. The van der Waals surface area contributed by atoms with E-state index >= 15 is 0 Å². The van der Waals surface area contributed by atoms with Crippen LogP contribution >= 0.6 is 11.8 Å². The van der Waals surface area contributed by atoms with E-state index in [4.69, 9.17) is 0 Å². The molecule has 3 rings (SSSR count). The van der Waals surface area contributed by atoms with Gasteiger partial charge in [0, 0.05) is 0 Å². The second kappa shape index (κ2) is 8.94. The molecular weight excluding hydrogens is 408 g/mol. The highest BCUT2D eigenvalue weighted by molar-refractivity contribution is 7.99. The number of thioether (sulfide) groups is 1. The minimum atomic E-state index is -0.957. The number of nitrogens with one attached hydrogen (secondary N) is 1. The van der Waals surface area contributed by atoms with Crippen molar-refractivity contribution in [3.63, 3.8) is 0 Å². The summed E-state index contributed by atoms with van der Waals surface area (Å²) < 4.78 is 1.58. The Morgan fingerprint density at radius 3 is 2.61 bits per heavy atom. The van der Waals surface area contributed by atoms with Crippen molar-refractivity contribution in [1.29, 1.82) is 5.26 Å². The number of nitriles is 1. The molecule has 160 valence electrons. The molecule has 1 unspecified atom stereocenters. The number of carbonyl (C=O) groups is 1. The van der Waals surface area contributed by atoms with Gasteiger partial charge >= 0.3 is 0 Å². The van der Waals surface area contributed by atoms with Crippen molar-refractivity contribution >= 4 is 28.6 Å². The molecule has 3 aromatic rings. The summed E-state index contributed by atoms with van der Waals surface area (Å²) >= 11 is 1.19. The number of para-hydroxylation sites is 1. The smallest absolute Gasteiger partial charge is 0.266 e. The average Bonchev–Trinajstić information content (AvgIpc) is 2.74. The number of hydrogen-bond acceptors (Lipinski definition) is 5. The average molecular weight is 435 g/mol. The largest absolute Gasteiger partial charge is 0.337 e. The Hall–Kier alpha value is -3.11. The van der Waals surface area contributed by atoms with Gasteiger partial charge < -0.3 is 5.32 Å². The summed E-state index contributed by atoms with van der Waals surface area (Å²) in [4.78, 5) is 30.7. The van der Waals surface area contributed by atoms with E-state index in [1.165, 1.54) is 11.8 Å². The number of nitrogens with zero attached hydrogens (tertiary/aromatic N) is 3. The van der Waals surface area contributed by atoms with Gasteiger partial charge in [0.15, 0.2) is 5.16 Å². The van der Waals surface area contributed by atoms with Crippen LogP contribution in [0.25, 0.3) is 16.6 Å². The maximum absolute atomic E-state index is 13.4. The van der Waals surface area contributed by atoms with E-state index < -0.39 is 5.54 Å². The van der Waals surface area contributed by atoms with Gasteiger partial charge in [-0.05, 0) is 56.0 Å². The molecule has 0 aliphatic rings. The van der Waals surface area contributed by atoms with E-state index in [9.17, 15) is 14.9 Å². The molecule has 0 aliphatic carbocycles. The zero-order valence-corrected chi connectivity index (χ0v) is 19.2. The molecule has 0 spiro atoms. The van der Waals surface area contributed by atoms with Crippen LogP contribution in [0.3, 0.4) is 0 Å². The number of hydrogen-bond donors (Lipinski definition) is 1. The molecule has 31 heavy (non-hydrogen) atoms. The van der Waals surface area contributed by atoms with E-state index in [2.05, 4.69) is 16.4 Å². The van der Waals surface area contributed by atoms with Crippen molar-refractivity contribution in [3.05, 3.63) is 63.9 Å². The van der Waals surface area contributed by atoms with Gasteiger partial charge in [0.25, 0.3) is 5.56 Å². The monoisotopic (exact) mass is 434 g/mol. The number of aromatic nitrogens is 2. The van der Waals surface area contributed by atoms with E-state index in [0.29, 0.717) is 16.1 Å². The summed E-state index contributed by atoms with van der Waals surface area (Å²) in [6.45, 7) is 9.45. The Kier molecular flexibility index (Phi) is 6.51. The SMILES string of the molecule is Cc1cccc(-n2c(SCC(=O)NC(C)(C#N)C(C)C)nc3ccccc3c2=O)c1C. The van der Waals surface area contributed by atoms with Crippen LogP contribution in [-0.2, 0) is 4.79 Å². The molecule has 0 bridgehead atoms. The molecule has 0 aliphatic heterocycles. The summed E-state index contributed by atoms with van der Waals surface area (Å²) in [5.41, 5.74) is 2.24. The number of aryl methyl sites for hydroxylation is 1. The number of benzene rings is 2. The number of fused-ring (bicyclic) bond motifs is 1. The highest BCUT2D eigenvalue weighted by Gasteiger charge is 2.30. The Morgan fingerprint density at radius 1 is 1.23 bits per heavy atom. The Labute approximate surface area is 186 Å². The molecule has 0 fully saturated rings. The molecule has 1 atom stereocenters. The summed E-state index contributed by atoms with van der Waals surface area (Å²) in [6, 6.07) is 15.2. The normalized spacial score (nSPS) is 13.1. The lowest BCUT2D eigenvalue weighted by Gasteiger charge is -2.27. The molecule has 1 amide bonds. The van der Waals surface area contributed by atoms with Gasteiger partial charge in [0.05, 0.1) is 28.4 Å². The van der Waals surface area contributed by atoms with Crippen molar-refractivity contribution in [2.45, 2.75) is 45.3 Å². The van der Waals surface area contributed by atoms with Crippen LogP contribution in [0.5, 0.6) is 0 Å². The van der Waals surface area contributed by atoms with Crippen LogP contribution in [0.2, 0.25) is 0 Å². The van der Waals surface area contributed by atoms with Crippen LogP contribution in [0.4, 0.5) is 0 Å². The predicted octanol–water partition coefficient (Wildman–Crippen LogP) is 4.15. The van der Waals surface area contributed by atoms with Crippen LogP contribution in [0, 0.1) is 31.1 Å². The standard InChI is InChI=1S/C24H26N4O2S/c1-15(2)24(5,14-25)27-21(29)13-31-23-26-19-11-7-6-10-18(19)22(30)28(23)20-12-8-9-16(3)17(20)4/h6-12,15H,13H2,1-5H3,(H,27,29). The van der Waals surface area contributed by atoms with Crippen molar-refractivity contribution < 1.29 is 4.79 Å². The van der Waals surface area contributed by atoms with E-state index in [1.807, 2.05) is 58.0 Å². The fourth-order valence-electron chi connectivity index (χ4n) is 3.16. The lowest BCUT2D eigenvalue weighted by Crippen LogP contribution is -2.49. The van der Waals surface area contributed by atoms with Crippen LogP contribution in [-0.4, -0.2) is 26.8 Å². The molecule has 0 saturated carbocycles. The summed E-state index contributed by atoms with van der Waals surface area (Å²) in [7, 11) is 0. The third kappa shape index (κ3) is 4.49. The lowest BCUT2D eigenvalue weighted by atomic mass is 9.90. The first-order valence-electron chi connectivity index (χ1n) is 10.1. The van der Waals surface area contributed by atoms with Gasteiger partial charge in [-0.25, -0.2) is 4.98 Å². The topological polar surface area (TPSA) is 87.8 Å². The molecule has 0 radical (unpaired) electrons. The Bertz CT molecular complexity index is 1240. The second-order valence-electron chi connectivity index (χ2n) is 8.08. The van der Waals surface area contributed by atoms with E-state index in [1.54, 1.807) is 23.6 Å². The second-order valence-corrected chi connectivity index (χ2v) is 9.02. The minimum absolute atomic E-state index is 0.0413. The van der Waals surface area contributed by atoms with Gasteiger partial charge in [-0.2, -0.15) is 5.26 Å². The van der Waals surface area contributed by atoms with Gasteiger partial charge in [-0.3, -0.25) is 14.2 Å². The van der Waals surface area contributed by atoms with Crippen molar-refractivity contribution in [3.8, 4) is 11.8 Å². The number of amides is 1. The Balaban J connectivity index is 2.04. The van der Waals surface area contributed by atoms with Crippen LogP contribution < -0.4 is 10.9 Å². The minimum Gasteiger partial charge on any atom is -0.337 e. The third-order valence-corrected chi connectivity index (χ3v) is 6.62. The van der Waals surface area contributed by atoms with Crippen molar-refractivity contribution in [1.82, 2.24) is 14.9 Å². The first-order chi connectivity index (χ1) is 14.7. The molecular formula is C24H26N4O2S. The summed E-state index contributed by atoms with van der Waals surface area (Å²) in [5.74, 6) is -0.282. The van der Waals surface area contributed by atoms with Gasteiger partial charge in [-0.15, -0.1) is 0 Å². The van der Waals surface area contributed by atoms with E-state index in [0.717, 1.165) is 16.8 Å². The van der Waals surface area contributed by atoms with Crippen molar-refractivity contribution in [2.75, 3.05) is 5.75 Å². The molecule has 1 aromatic heterocycles. The number of carbonyl (C=O) groups excluding carboxylic acids is 1. The first-order valence-corrected chi connectivity index (χ1v) is 11.1. The maximum atomic E-state index is 13.4. The number of rotatable bonds is 6. The molecule has 7 heteroatoms. The first kappa shape index (κ1) is 22.6. The summed E-state index contributed by atoms with van der Waals surface area (Å²) in [6.07, 6.45) is 0.